The molecule has 9 nitrogen and oxygen atoms in total. The van der Waals surface area contributed by atoms with E-state index in [9.17, 15) is 23.1 Å². The molecule has 0 radical (unpaired) electrons. The number of carbonyl (C=O) groups is 2. The van der Waals surface area contributed by atoms with Gasteiger partial charge in [-0.2, -0.15) is 4.31 Å². The fraction of sp³-hybridized carbons (Fsp3) is 0.259. The molecule has 1 aliphatic rings. The third-order valence-electron chi connectivity index (χ3n) is 6.47. The molecule has 4 rings (SSSR count). The second-order valence-corrected chi connectivity index (χ2v) is 11.9. The SMILES string of the molecule is COc1ccccc1-c1ccc([C@@H](CC(=O)O)NC(=O)[C@]2(C)COCN2S(=O)(=O)c2cc(Cl)cc(Cl)c2)cc1. The monoisotopic (exact) mass is 592 g/mol. The van der Waals surface area contributed by atoms with E-state index in [0.717, 1.165) is 15.4 Å². The molecule has 2 N–H and O–H groups in total. The fourth-order valence-electron chi connectivity index (χ4n) is 4.38. The average molecular weight is 593 g/mol. The number of hydrogen-bond donors (Lipinski definition) is 2. The summed E-state index contributed by atoms with van der Waals surface area (Å²) in [4.78, 5) is 25.1. The minimum atomic E-state index is -4.25. The number of methoxy groups -OCH3 is 1. The average Bonchev–Trinajstić information content (AvgIpc) is 3.31. The second-order valence-electron chi connectivity index (χ2n) is 9.16. The van der Waals surface area contributed by atoms with Crippen molar-refractivity contribution in [2.75, 3.05) is 20.4 Å². The lowest BCUT2D eigenvalue weighted by molar-refractivity contribution is -0.138. The zero-order chi connectivity index (χ0) is 28.4. The van der Waals surface area contributed by atoms with Crippen molar-refractivity contribution in [3.63, 3.8) is 0 Å². The lowest BCUT2D eigenvalue weighted by atomic mass is 9.97. The van der Waals surface area contributed by atoms with Crippen LogP contribution in [0.3, 0.4) is 0 Å². The Morgan fingerprint density at radius 3 is 2.36 bits per heavy atom. The van der Waals surface area contributed by atoms with Crippen molar-refractivity contribution >= 4 is 45.1 Å². The maximum Gasteiger partial charge on any atom is 0.305 e. The maximum absolute atomic E-state index is 13.6. The van der Waals surface area contributed by atoms with Crippen molar-refractivity contribution in [1.29, 1.82) is 0 Å². The molecule has 0 aromatic heterocycles. The Kier molecular flexibility index (Phi) is 8.53. The molecule has 0 saturated carbocycles. The Labute approximate surface area is 236 Å². The number of carbonyl (C=O) groups excluding carboxylic acids is 1. The van der Waals surface area contributed by atoms with E-state index in [2.05, 4.69) is 5.32 Å². The Hall–Kier alpha value is -3.15. The first-order valence-electron chi connectivity index (χ1n) is 11.8. The van der Waals surface area contributed by atoms with Crippen LogP contribution in [0.4, 0.5) is 0 Å². The highest BCUT2D eigenvalue weighted by Gasteiger charge is 2.51. The van der Waals surface area contributed by atoms with Crippen molar-refractivity contribution in [3.05, 3.63) is 82.3 Å². The Morgan fingerprint density at radius 1 is 1.10 bits per heavy atom. The summed E-state index contributed by atoms with van der Waals surface area (Å²) in [6, 6.07) is 17.4. The summed E-state index contributed by atoms with van der Waals surface area (Å²) in [5.74, 6) is -1.17. The third kappa shape index (κ3) is 6.05. The quantitative estimate of drug-likeness (QED) is 0.368. The molecule has 3 aromatic carbocycles. The van der Waals surface area contributed by atoms with Gasteiger partial charge >= 0.3 is 5.97 Å². The van der Waals surface area contributed by atoms with Gasteiger partial charge in [0.25, 0.3) is 0 Å². The summed E-state index contributed by atoms with van der Waals surface area (Å²) >= 11 is 12.0. The molecule has 1 heterocycles. The molecule has 2 atom stereocenters. The zero-order valence-electron chi connectivity index (χ0n) is 21.1. The van der Waals surface area contributed by atoms with E-state index < -0.39 is 39.9 Å². The lowest BCUT2D eigenvalue weighted by Crippen LogP contribution is -2.57. The number of benzene rings is 3. The standard InChI is InChI=1S/C27H26Cl2N2O7S/c1-27(15-38-16-31(27)39(35,36)21-12-19(28)11-20(29)13-21)26(34)30-23(14-25(32)33)18-9-7-17(8-10-18)22-5-3-4-6-24(22)37-2/h3-13,23H,14-16H2,1-2H3,(H,30,34)(H,32,33)/t23-,27+/m1/s1. The molecule has 39 heavy (non-hydrogen) atoms. The first-order valence-corrected chi connectivity index (χ1v) is 14.0. The highest BCUT2D eigenvalue weighted by atomic mass is 35.5. The molecule has 0 bridgehead atoms. The number of halogens is 2. The van der Waals surface area contributed by atoms with Crippen molar-refractivity contribution in [1.82, 2.24) is 9.62 Å². The molecule has 1 saturated heterocycles. The normalized spacial score (nSPS) is 18.5. The van der Waals surface area contributed by atoms with E-state index in [1.54, 1.807) is 31.4 Å². The Bertz CT molecular complexity index is 1480. The number of ether oxygens (including phenoxy) is 2. The first kappa shape index (κ1) is 28.8. The molecule has 0 unspecified atom stereocenters. The largest absolute Gasteiger partial charge is 0.496 e. The smallest absolute Gasteiger partial charge is 0.305 e. The minimum absolute atomic E-state index is 0.116. The third-order valence-corrected chi connectivity index (χ3v) is 8.83. The number of para-hydroxylation sites is 1. The van der Waals surface area contributed by atoms with E-state index >= 15 is 0 Å². The number of nitrogens with zero attached hydrogens (tertiary/aromatic N) is 1. The number of aliphatic carboxylic acids is 1. The molecular weight excluding hydrogens is 567 g/mol. The van der Waals surface area contributed by atoms with Gasteiger partial charge in [-0.15, -0.1) is 0 Å². The van der Waals surface area contributed by atoms with Crippen LogP contribution in [0.1, 0.15) is 24.9 Å². The minimum Gasteiger partial charge on any atom is -0.496 e. The highest BCUT2D eigenvalue weighted by molar-refractivity contribution is 7.89. The number of hydrogen-bond acceptors (Lipinski definition) is 6. The van der Waals surface area contributed by atoms with Crippen LogP contribution < -0.4 is 10.1 Å². The van der Waals surface area contributed by atoms with E-state index in [1.807, 2.05) is 24.3 Å². The topological polar surface area (TPSA) is 122 Å². The summed E-state index contributed by atoms with van der Waals surface area (Å²) in [5.41, 5.74) is 0.554. The van der Waals surface area contributed by atoms with Gasteiger partial charge in [0, 0.05) is 15.6 Å². The van der Waals surface area contributed by atoms with Gasteiger partial charge in [-0.1, -0.05) is 65.7 Å². The predicted octanol–water partition coefficient (Wildman–Crippen LogP) is 4.74. The molecule has 1 aliphatic heterocycles. The van der Waals surface area contributed by atoms with E-state index in [0.29, 0.717) is 11.3 Å². The molecule has 206 valence electrons. The van der Waals surface area contributed by atoms with Gasteiger partial charge in [0.15, 0.2) is 0 Å². The molecule has 12 heteroatoms. The van der Waals surface area contributed by atoms with Crippen molar-refractivity contribution in [3.8, 4) is 16.9 Å². The number of carboxylic acids is 1. The van der Waals surface area contributed by atoms with Crippen LogP contribution in [-0.2, 0) is 24.3 Å². The molecule has 1 fully saturated rings. The van der Waals surface area contributed by atoms with Gasteiger partial charge < -0.3 is 19.9 Å². The predicted molar refractivity (Wildman–Crippen MR) is 146 cm³/mol. The first-order chi connectivity index (χ1) is 18.5. The summed E-state index contributed by atoms with van der Waals surface area (Å²) in [6.07, 6.45) is -0.423. The van der Waals surface area contributed by atoms with Gasteiger partial charge in [-0.25, -0.2) is 8.42 Å². The van der Waals surface area contributed by atoms with Crippen LogP contribution in [0.15, 0.2) is 71.6 Å². The Morgan fingerprint density at radius 2 is 1.74 bits per heavy atom. The van der Waals surface area contributed by atoms with Crippen LogP contribution in [0.25, 0.3) is 11.1 Å². The molecule has 0 spiro atoms. The van der Waals surface area contributed by atoms with Gasteiger partial charge in [0.1, 0.15) is 18.0 Å². The van der Waals surface area contributed by atoms with Gasteiger partial charge in [0.2, 0.25) is 15.9 Å². The second kappa shape index (κ2) is 11.5. The lowest BCUT2D eigenvalue weighted by Gasteiger charge is -2.32. The molecule has 3 aromatic rings. The van der Waals surface area contributed by atoms with Crippen molar-refractivity contribution < 1.29 is 32.6 Å². The number of nitrogens with one attached hydrogen (secondary N) is 1. The number of amides is 1. The van der Waals surface area contributed by atoms with E-state index in [-0.39, 0.29) is 28.3 Å². The summed E-state index contributed by atoms with van der Waals surface area (Å²) in [5, 5.41) is 12.5. The van der Waals surface area contributed by atoms with Gasteiger partial charge in [-0.3, -0.25) is 9.59 Å². The van der Waals surface area contributed by atoms with Crippen molar-refractivity contribution in [2.24, 2.45) is 0 Å². The van der Waals surface area contributed by atoms with Gasteiger partial charge in [-0.05, 0) is 42.3 Å². The van der Waals surface area contributed by atoms with Crippen LogP contribution in [0, 0.1) is 0 Å². The Balaban J connectivity index is 1.61. The number of carboxylic acid groups (broad SMARTS) is 1. The van der Waals surface area contributed by atoms with E-state index in [4.69, 9.17) is 32.7 Å². The van der Waals surface area contributed by atoms with Crippen molar-refractivity contribution in [2.45, 2.75) is 29.8 Å². The van der Waals surface area contributed by atoms with Crippen LogP contribution in [0.2, 0.25) is 10.0 Å². The summed E-state index contributed by atoms with van der Waals surface area (Å²) in [6.45, 7) is 0.800. The molecule has 0 aliphatic carbocycles. The van der Waals surface area contributed by atoms with Crippen LogP contribution in [-0.4, -0.2) is 55.7 Å². The highest BCUT2D eigenvalue weighted by Crippen LogP contribution is 2.34. The van der Waals surface area contributed by atoms with E-state index in [1.165, 1.54) is 25.1 Å². The van der Waals surface area contributed by atoms with Gasteiger partial charge in [0.05, 0.1) is 31.1 Å². The number of sulfonamides is 1. The molecule has 1 amide bonds. The van der Waals surface area contributed by atoms with Crippen LogP contribution in [0.5, 0.6) is 5.75 Å². The number of rotatable bonds is 9. The fourth-order valence-corrected chi connectivity index (χ4v) is 6.72. The molecular formula is C27H26Cl2N2O7S. The zero-order valence-corrected chi connectivity index (χ0v) is 23.4. The maximum atomic E-state index is 13.6. The summed E-state index contributed by atoms with van der Waals surface area (Å²) in [7, 11) is -2.68. The van der Waals surface area contributed by atoms with Crippen LogP contribution >= 0.6 is 23.2 Å². The summed E-state index contributed by atoms with van der Waals surface area (Å²) < 4.78 is 38.7.